The molecule has 0 aromatic heterocycles. The molecule has 90 valence electrons. The molecule has 18 heavy (non-hydrogen) atoms. The smallest absolute Gasteiger partial charge is 0.311 e. The van der Waals surface area contributed by atoms with Crippen LogP contribution in [0.15, 0.2) is 30.3 Å². The molecule has 1 atom stereocenters. The van der Waals surface area contributed by atoms with E-state index in [4.69, 9.17) is 0 Å². The molecule has 3 nitrogen and oxygen atoms in total. The number of hydrogen-bond acceptors (Lipinski definition) is 2. The molecule has 0 radical (unpaired) electrons. The Labute approximate surface area is 104 Å². The number of carbonyl (C=O) groups excluding carboxylic acids is 1. The number of aliphatic carboxylic acids is 1. The SMILES string of the molecule is Cc1ccc2c3c(ccc2c1)C(=O)CC3C(=O)O. The molecule has 1 N–H and O–H groups in total. The number of ketones is 1. The summed E-state index contributed by atoms with van der Waals surface area (Å²) in [6.07, 6.45) is 0.0810. The van der Waals surface area contributed by atoms with E-state index in [9.17, 15) is 14.7 Å². The Hall–Kier alpha value is -2.16. The Balaban J connectivity index is 2.36. The van der Waals surface area contributed by atoms with Crippen molar-refractivity contribution in [1.29, 1.82) is 0 Å². The normalized spacial score (nSPS) is 18.1. The molecule has 0 spiro atoms. The van der Waals surface area contributed by atoms with Crippen LogP contribution in [-0.4, -0.2) is 16.9 Å². The first kappa shape index (κ1) is 11.0. The topological polar surface area (TPSA) is 54.4 Å². The van der Waals surface area contributed by atoms with Crippen LogP contribution in [0.25, 0.3) is 10.8 Å². The van der Waals surface area contributed by atoms with Gasteiger partial charge in [-0.05, 0) is 23.3 Å². The summed E-state index contributed by atoms with van der Waals surface area (Å²) in [5.41, 5.74) is 2.38. The van der Waals surface area contributed by atoms with Crippen molar-refractivity contribution in [2.24, 2.45) is 0 Å². The van der Waals surface area contributed by atoms with Gasteiger partial charge < -0.3 is 5.11 Å². The second-order valence-electron chi connectivity index (χ2n) is 4.77. The molecule has 0 amide bonds. The molecule has 2 aromatic rings. The van der Waals surface area contributed by atoms with E-state index < -0.39 is 11.9 Å². The van der Waals surface area contributed by atoms with Crippen LogP contribution >= 0.6 is 0 Å². The summed E-state index contributed by atoms with van der Waals surface area (Å²) in [4.78, 5) is 23.1. The minimum Gasteiger partial charge on any atom is -0.481 e. The van der Waals surface area contributed by atoms with Gasteiger partial charge in [-0.25, -0.2) is 0 Å². The van der Waals surface area contributed by atoms with Gasteiger partial charge in [-0.15, -0.1) is 0 Å². The molecule has 0 fully saturated rings. The quantitative estimate of drug-likeness (QED) is 0.833. The lowest BCUT2D eigenvalue weighted by atomic mass is 9.94. The highest BCUT2D eigenvalue weighted by molar-refractivity contribution is 6.10. The van der Waals surface area contributed by atoms with E-state index in [2.05, 4.69) is 0 Å². The van der Waals surface area contributed by atoms with Crippen LogP contribution in [0.2, 0.25) is 0 Å². The lowest BCUT2D eigenvalue weighted by Crippen LogP contribution is -2.08. The zero-order valence-corrected chi connectivity index (χ0v) is 9.93. The number of carboxylic acids is 1. The molecular weight excluding hydrogens is 228 g/mol. The highest BCUT2D eigenvalue weighted by atomic mass is 16.4. The fourth-order valence-electron chi connectivity index (χ4n) is 2.70. The number of fused-ring (bicyclic) bond motifs is 3. The Morgan fingerprint density at radius 3 is 2.78 bits per heavy atom. The van der Waals surface area contributed by atoms with Crippen molar-refractivity contribution in [3.05, 3.63) is 47.0 Å². The van der Waals surface area contributed by atoms with Gasteiger partial charge in [-0.2, -0.15) is 0 Å². The molecular formula is C15H12O3. The van der Waals surface area contributed by atoms with Crippen LogP contribution in [0.5, 0.6) is 0 Å². The van der Waals surface area contributed by atoms with Gasteiger partial charge in [-0.1, -0.05) is 35.9 Å². The fourth-order valence-corrected chi connectivity index (χ4v) is 2.70. The third-order valence-electron chi connectivity index (χ3n) is 3.55. The maximum atomic E-state index is 11.8. The standard InChI is InChI=1S/C15H12O3/c1-8-2-4-10-9(6-8)3-5-11-13(16)7-12(14(10)11)15(17)18/h2-6,12H,7H2,1H3,(H,17,18). The maximum absolute atomic E-state index is 11.8. The number of carboxylic acid groups (broad SMARTS) is 1. The van der Waals surface area contributed by atoms with E-state index in [-0.39, 0.29) is 12.2 Å². The monoisotopic (exact) mass is 240 g/mol. The zero-order valence-electron chi connectivity index (χ0n) is 9.93. The van der Waals surface area contributed by atoms with Crippen molar-refractivity contribution in [2.45, 2.75) is 19.3 Å². The average Bonchev–Trinajstić information content (AvgIpc) is 2.67. The van der Waals surface area contributed by atoms with Crippen LogP contribution in [0.1, 0.15) is 33.8 Å². The van der Waals surface area contributed by atoms with Crippen molar-refractivity contribution in [3.63, 3.8) is 0 Å². The van der Waals surface area contributed by atoms with E-state index in [0.717, 1.165) is 16.3 Å². The van der Waals surface area contributed by atoms with Gasteiger partial charge in [0.25, 0.3) is 0 Å². The van der Waals surface area contributed by atoms with Gasteiger partial charge >= 0.3 is 5.97 Å². The van der Waals surface area contributed by atoms with E-state index in [1.54, 1.807) is 6.07 Å². The van der Waals surface area contributed by atoms with Crippen LogP contribution in [0, 0.1) is 6.92 Å². The number of aryl methyl sites for hydroxylation is 1. The number of hydrogen-bond donors (Lipinski definition) is 1. The lowest BCUT2D eigenvalue weighted by molar-refractivity contribution is -0.138. The van der Waals surface area contributed by atoms with Crippen molar-refractivity contribution in [2.75, 3.05) is 0 Å². The van der Waals surface area contributed by atoms with Gasteiger partial charge in [0.15, 0.2) is 5.78 Å². The summed E-state index contributed by atoms with van der Waals surface area (Å²) in [6.45, 7) is 1.99. The number of Topliss-reactive ketones (excluding diaryl/α,β-unsaturated/α-hetero) is 1. The first-order chi connectivity index (χ1) is 8.58. The molecule has 0 saturated heterocycles. The summed E-state index contributed by atoms with van der Waals surface area (Å²) < 4.78 is 0. The molecule has 3 heteroatoms. The molecule has 1 unspecified atom stereocenters. The van der Waals surface area contributed by atoms with E-state index in [1.165, 1.54) is 0 Å². The summed E-state index contributed by atoms with van der Waals surface area (Å²) in [6, 6.07) is 9.52. The van der Waals surface area contributed by atoms with E-state index in [1.807, 2.05) is 31.2 Å². The number of carbonyl (C=O) groups is 2. The molecule has 0 bridgehead atoms. The van der Waals surface area contributed by atoms with Gasteiger partial charge in [0.05, 0.1) is 5.92 Å². The predicted molar refractivity (Wildman–Crippen MR) is 68.0 cm³/mol. The third-order valence-corrected chi connectivity index (χ3v) is 3.55. The summed E-state index contributed by atoms with van der Waals surface area (Å²) in [7, 11) is 0. The van der Waals surface area contributed by atoms with Crippen LogP contribution in [0.3, 0.4) is 0 Å². The minimum atomic E-state index is -0.921. The average molecular weight is 240 g/mol. The first-order valence-electron chi connectivity index (χ1n) is 5.87. The van der Waals surface area contributed by atoms with Gasteiger partial charge in [0.1, 0.15) is 0 Å². The molecule has 0 heterocycles. The van der Waals surface area contributed by atoms with Crippen molar-refractivity contribution in [1.82, 2.24) is 0 Å². The summed E-state index contributed by atoms with van der Waals surface area (Å²) in [5, 5.41) is 11.1. The van der Waals surface area contributed by atoms with Gasteiger partial charge in [0.2, 0.25) is 0 Å². The number of benzene rings is 2. The second-order valence-corrected chi connectivity index (χ2v) is 4.77. The molecule has 0 saturated carbocycles. The minimum absolute atomic E-state index is 0.0696. The Morgan fingerprint density at radius 2 is 2.06 bits per heavy atom. The van der Waals surface area contributed by atoms with Crippen molar-refractivity contribution < 1.29 is 14.7 Å². The van der Waals surface area contributed by atoms with Crippen molar-refractivity contribution >= 4 is 22.5 Å². The molecule has 1 aliphatic rings. The largest absolute Gasteiger partial charge is 0.481 e. The maximum Gasteiger partial charge on any atom is 0.311 e. The lowest BCUT2D eigenvalue weighted by Gasteiger charge is -2.09. The Bertz CT molecular complexity index is 685. The summed E-state index contributed by atoms with van der Waals surface area (Å²) in [5.74, 6) is -1.69. The Morgan fingerprint density at radius 1 is 1.28 bits per heavy atom. The molecule has 1 aliphatic carbocycles. The third kappa shape index (κ3) is 1.44. The predicted octanol–water partition coefficient (Wildman–Crippen LogP) is 2.90. The Kier molecular flexibility index (Phi) is 2.23. The van der Waals surface area contributed by atoms with Crippen LogP contribution in [-0.2, 0) is 4.79 Å². The molecule has 0 aliphatic heterocycles. The molecule has 2 aromatic carbocycles. The van der Waals surface area contributed by atoms with E-state index >= 15 is 0 Å². The zero-order chi connectivity index (χ0) is 12.9. The van der Waals surface area contributed by atoms with Gasteiger partial charge in [-0.3, -0.25) is 9.59 Å². The van der Waals surface area contributed by atoms with Crippen LogP contribution < -0.4 is 0 Å². The van der Waals surface area contributed by atoms with E-state index in [0.29, 0.717) is 11.1 Å². The molecule has 3 rings (SSSR count). The number of rotatable bonds is 1. The second kappa shape index (κ2) is 3.67. The highest BCUT2D eigenvalue weighted by Gasteiger charge is 2.35. The first-order valence-corrected chi connectivity index (χ1v) is 5.87. The van der Waals surface area contributed by atoms with Crippen LogP contribution in [0.4, 0.5) is 0 Å². The van der Waals surface area contributed by atoms with Crippen molar-refractivity contribution in [3.8, 4) is 0 Å². The highest BCUT2D eigenvalue weighted by Crippen LogP contribution is 2.38. The van der Waals surface area contributed by atoms with Gasteiger partial charge in [0, 0.05) is 12.0 Å². The summed E-state index contributed by atoms with van der Waals surface area (Å²) >= 11 is 0. The fraction of sp³-hybridized carbons (Fsp3) is 0.200.